The van der Waals surface area contributed by atoms with Crippen LogP contribution in [-0.2, 0) is 12.8 Å². The second-order valence-electron chi connectivity index (χ2n) is 5.94. The molecular weight excluding hydrogens is 332 g/mol. The van der Waals surface area contributed by atoms with Crippen LogP contribution >= 0.6 is 15.9 Å². The summed E-state index contributed by atoms with van der Waals surface area (Å²) in [5, 5.41) is 0. The van der Waals surface area contributed by atoms with Gasteiger partial charge < -0.3 is 0 Å². The van der Waals surface area contributed by atoms with Gasteiger partial charge in [-0.15, -0.1) is 0 Å². The van der Waals surface area contributed by atoms with Gasteiger partial charge >= 0.3 is 0 Å². The van der Waals surface area contributed by atoms with E-state index in [1.165, 1.54) is 32.3 Å². The van der Waals surface area contributed by atoms with E-state index >= 15 is 0 Å². The maximum atomic E-state index is 3.69. The average Bonchev–Trinajstić information content (AvgIpc) is 2.57. The average molecular weight is 349 g/mol. The summed E-state index contributed by atoms with van der Waals surface area (Å²) in [6, 6.07) is 26.3. The minimum absolute atomic E-state index is 0.546. The van der Waals surface area contributed by atoms with E-state index in [-0.39, 0.29) is 0 Å². The van der Waals surface area contributed by atoms with E-state index < -0.39 is 0 Å². The smallest absolute Gasteiger partial charge is 0.0207 e. The largest absolute Gasteiger partial charge is 0.0620 e. The summed E-state index contributed by atoms with van der Waals surface area (Å²) in [6.07, 6.45) is 2.20. The summed E-state index contributed by atoms with van der Waals surface area (Å²) in [5.41, 5.74) is 7.15. The lowest BCUT2D eigenvalue weighted by Crippen LogP contribution is -2.13. The van der Waals surface area contributed by atoms with Crippen LogP contribution in [0.4, 0.5) is 0 Å². The Hall–Kier alpha value is -1.86. The highest BCUT2D eigenvalue weighted by atomic mass is 79.9. The highest BCUT2D eigenvalue weighted by Crippen LogP contribution is 2.41. The molecule has 0 aromatic heterocycles. The molecule has 0 spiro atoms. The number of halogens is 1. The van der Waals surface area contributed by atoms with E-state index in [0.29, 0.717) is 5.92 Å². The summed E-state index contributed by atoms with van der Waals surface area (Å²) in [7, 11) is 0. The summed E-state index contributed by atoms with van der Waals surface area (Å²) in [4.78, 5) is 0. The molecular formula is C21H17Br. The monoisotopic (exact) mass is 348 g/mol. The first-order valence-corrected chi connectivity index (χ1v) is 8.53. The normalized spacial score (nSPS) is 16.0. The fourth-order valence-electron chi connectivity index (χ4n) is 3.55. The molecule has 22 heavy (non-hydrogen) atoms. The Morgan fingerprint density at radius 2 is 1.45 bits per heavy atom. The Morgan fingerprint density at radius 1 is 0.773 bits per heavy atom. The molecule has 0 saturated carbocycles. The van der Waals surface area contributed by atoms with E-state index in [1.807, 2.05) is 0 Å². The zero-order valence-electron chi connectivity index (χ0n) is 12.3. The Morgan fingerprint density at radius 3 is 2.32 bits per heavy atom. The molecule has 0 radical (unpaired) electrons. The van der Waals surface area contributed by atoms with Crippen LogP contribution in [0.15, 0.2) is 77.3 Å². The highest BCUT2D eigenvalue weighted by molar-refractivity contribution is 9.10. The zero-order valence-corrected chi connectivity index (χ0v) is 13.9. The summed E-state index contributed by atoms with van der Waals surface area (Å²) in [5.74, 6) is 0.546. The minimum Gasteiger partial charge on any atom is -0.0620 e. The van der Waals surface area contributed by atoms with Crippen molar-refractivity contribution >= 4 is 15.9 Å². The molecule has 0 saturated heterocycles. The first-order valence-electron chi connectivity index (χ1n) is 7.73. The molecule has 0 heterocycles. The molecule has 1 aliphatic rings. The van der Waals surface area contributed by atoms with Crippen molar-refractivity contribution in [1.82, 2.24) is 0 Å². The van der Waals surface area contributed by atoms with Crippen molar-refractivity contribution in [2.45, 2.75) is 18.8 Å². The number of benzene rings is 3. The number of rotatable bonds is 2. The van der Waals surface area contributed by atoms with Crippen LogP contribution in [-0.4, -0.2) is 0 Å². The lowest BCUT2D eigenvalue weighted by Gasteiger charge is -2.28. The topological polar surface area (TPSA) is 0 Å². The van der Waals surface area contributed by atoms with Gasteiger partial charge in [-0.1, -0.05) is 82.7 Å². The fraction of sp³-hybridized carbons (Fsp3) is 0.143. The molecule has 3 aromatic carbocycles. The van der Waals surface area contributed by atoms with Crippen molar-refractivity contribution in [3.05, 3.63) is 94.0 Å². The maximum absolute atomic E-state index is 3.69. The van der Waals surface area contributed by atoms with Crippen LogP contribution < -0.4 is 0 Å². The van der Waals surface area contributed by atoms with Crippen molar-refractivity contribution in [2.75, 3.05) is 0 Å². The standard InChI is InChI=1S/C21H17Br/c22-21-12-6-2-8-16(21)14-17-13-15-7-1-3-9-18(15)20-11-5-4-10-19(17)20/h1-12,17H,13-14H2/t17-/m1/s1. The lowest BCUT2D eigenvalue weighted by atomic mass is 9.76. The van der Waals surface area contributed by atoms with Crippen LogP contribution in [0.1, 0.15) is 22.6 Å². The van der Waals surface area contributed by atoms with Crippen molar-refractivity contribution in [1.29, 1.82) is 0 Å². The number of fused-ring (bicyclic) bond motifs is 3. The van der Waals surface area contributed by atoms with Crippen LogP contribution in [0.3, 0.4) is 0 Å². The molecule has 0 amide bonds. The van der Waals surface area contributed by atoms with Gasteiger partial charge in [0.1, 0.15) is 0 Å². The molecule has 0 fully saturated rings. The molecule has 4 rings (SSSR count). The van der Waals surface area contributed by atoms with Gasteiger partial charge in [-0.3, -0.25) is 0 Å². The number of hydrogen-bond donors (Lipinski definition) is 0. The lowest BCUT2D eigenvalue weighted by molar-refractivity contribution is 0.671. The van der Waals surface area contributed by atoms with Gasteiger partial charge in [0, 0.05) is 4.47 Å². The second kappa shape index (κ2) is 5.73. The van der Waals surface area contributed by atoms with Crippen molar-refractivity contribution in [3.8, 4) is 11.1 Å². The molecule has 1 heteroatoms. The summed E-state index contributed by atoms with van der Waals surface area (Å²) < 4.78 is 1.21. The first-order chi connectivity index (χ1) is 10.8. The molecule has 0 aliphatic heterocycles. The van der Waals surface area contributed by atoms with Crippen LogP contribution in [0.25, 0.3) is 11.1 Å². The Kier molecular flexibility index (Phi) is 3.59. The Bertz CT molecular complexity index is 819. The van der Waals surface area contributed by atoms with Crippen molar-refractivity contribution in [3.63, 3.8) is 0 Å². The quantitative estimate of drug-likeness (QED) is 0.532. The molecule has 0 bridgehead atoms. The van der Waals surface area contributed by atoms with Gasteiger partial charge in [0.15, 0.2) is 0 Å². The van der Waals surface area contributed by atoms with Gasteiger partial charge in [0.05, 0.1) is 0 Å². The second-order valence-corrected chi connectivity index (χ2v) is 6.80. The molecule has 0 unspecified atom stereocenters. The SMILES string of the molecule is Brc1ccccc1C[C@H]1Cc2ccccc2-c2ccccc21. The van der Waals surface area contributed by atoms with Crippen LogP contribution in [0, 0.1) is 0 Å². The third-order valence-electron chi connectivity index (χ3n) is 4.60. The predicted octanol–water partition coefficient (Wildman–Crippen LogP) is 6.00. The third-order valence-corrected chi connectivity index (χ3v) is 5.37. The van der Waals surface area contributed by atoms with Crippen LogP contribution in [0.2, 0.25) is 0 Å². The minimum atomic E-state index is 0.546. The molecule has 0 nitrogen and oxygen atoms in total. The Balaban J connectivity index is 1.78. The van der Waals surface area contributed by atoms with Gasteiger partial charge in [-0.25, -0.2) is 0 Å². The molecule has 1 aliphatic carbocycles. The van der Waals surface area contributed by atoms with E-state index in [0.717, 1.165) is 12.8 Å². The van der Waals surface area contributed by atoms with E-state index in [1.54, 1.807) is 0 Å². The van der Waals surface area contributed by atoms with Gasteiger partial charge in [0.2, 0.25) is 0 Å². The summed E-state index contributed by atoms with van der Waals surface area (Å²) >= 11 is 3.69. The first kappa shape index (κ1) is 13.8. The highest BCUT2D eigenvalue weighted by Gasteiger charge is 2.24. The third kappa shape index (κ3) is 2.40. The molecule has 1 atom stereocenters. The van der Waals surface area contributed by atoms with Gasteiger partial charge in [-0.05, 0) is 52.6 Å². The predicted molar refractivity (Wildman–Crippen MR) is 96.2 cm³/mol. The van der Waals surface area contributed by atoms with E-state index in [9.17, 15) is 0 Å². The molecule has 0 N–H and O–H groups in total. The van der Waals surface area contributed by atoms with Gasteiger partial charge in [-0.2, -0.15) is 0 Å². The van der Waals surface area contributed by atoms with Crippen molar-refractivity contribution in [2.24, 2.45) is 0 Å². The molecule has 108 valence electrons. The fourth-order valence-corrected chi connectivity index (χ4v) is 3.99. The Labute approximate surface area is 140 Å². The van der Waals surface area contributed by atoms with Crippen molar-refractivity contribution < 1.29 is 0 Å². The number of hydrogen-bond acceptors (Lipinski definition) is 0. The summed E-state index contributed by atoms with van der Waals surface area (Å²) in [6.45, 7) is 0. The van der Waals surface area contributed by atoms with E-state index in [2.05, 4.69) is 88.7 Å². The van der Waals surface area contributed by atoms with Crippen LogP contribution in [0.5, 0.6) is 0 Å². The maximum Gasteiger partial charge on any atom is 0.0207 e. The van der Waals surface area contributed by atoms with Gasteiger partial charge in [0.25, 0.3) is 0 Å². The molecule has 3 aromatic rings. The zero-order chi connectivity index (χ0) is 14.9. The van der Waals surface area contributed by atoms with E-state index in [4.69, 9.17) is 0 Å².